The minimum atomic E-state index is -3.75. The average molecular weight is 412 g/mol. The quantitative estimate of drug-likeness (QED) is 0.421. The lowest BCUT2D eigenvalue weighted by molar-refractivity contribution is 0.178. The normalized spacial score (nSPS) is 12.2. The number of thiophene rings is 1. The summed E-state index contributed by atoms with van der Waals surface area (Å²) < 4.78 is 34.5. The Morgan fingerprint density at radius 1 is 1.14 bits per heavy atom. The van der Waals surface area contributed by atoms with Crippen LogP contribution in [0.25, 0.3) is 0 Å². The minimum absolute atomic E-state index is 0.199. The third-order valence-electron chi connectivity index (χ3n) is 4.15. The highest BCUT2D eigenvalue weighted by Crippen LogP contribution is 2.27. The molecule has 3 aromatic rings. The first-order valence-corrected chi connectivity index (χ1v) is 11.1. The van der Waals surface area contributed by atoms with E-state index in [2.05, 4.69) is 17.0 Å². The van der Waals surface area contributed by atoms with E-state index in [-0.39, 0.29) is 4.90 Å². The van der Waals surface area contributed by atoms with Crippen LogP contribution in [0.2, 0.25) is 0 Å². The second-order valence-corrected chi connectivity index (χ2v) is 8.73. The van der Waals surface area contributed by atoms with E-state index in [0.717, 1.165) is 16.7 Å². The second-order valence-electron chi connectivity index (χ2n) is 6.24. The number of rotatable bonds is 8. The van der Waals surface area contributed by atoms with Crippen LogP contribution in [0.3, 0.4) is 0 Å². The molecule has 1 N–H and O–H groups in total. The fraction of sp³-hybridized carbons (Fsp3) is 0.136. The molecule has 6 heteroatoms. The van der Waals surface area contributed by atoms with E-state index in [0.29, 0.717) is 12.4 Å². The van der Waals surface area contributed by atoms with Gasteiger partial charge in [0.25, 0.3) is 0 Å². The maximum atomic E-state index is 12.9. The number of benzene rings is 2. The first-order chi connectivity index (χ1) is 13.5. The standard InChI is InChI=1S/C22H21NO3S2/c1-3-21(26-15-18-7-5-4-6-8-18)22(19-13-14-27-16-19)23-28(24,25)20-11-9-17(2)10-12-20/h4-14,16,22-23H,1,15H2,2H3. The van der Waals surface area contributed by atoms with Gasteiger partial charge in [-0.25, -0.2) is 8.42 Å². The average Bonchev–Trinajstić information content (AvgIpc) is 3.23. The molecule has 144 valence electrons. The van der Waals surface area contributed by atoms with Crippen molar-refractivity contribution in [2.24, 2.45) is 0 Å². The smallest absolute Gasteiger partial charge is 0.241 e. The molecule has 4 nitrogen and oxygen atoms in total. The molecule has 0 bridgehead atoms. The van der Waals surface area contributed by atoms with E-state index in [9.17, 15) is 8.42 Å². The van der Waals surface area contributed by atoms with Gasteiger partial charge in [-0.3, -0.25) is 0 Å². The second kappa shape index (κ2) is 9.04. The van der Waals surface area contributed by atoms with Gasteiger partial charge in [0, 0.05) is 0 Å². The van der Waals surface area contributed by atoms with E-state index in [1.165, 1.54) is 11.3 Å². The van der Waals surface area contributed by atoms with Crippen LogP contribution in [-0.4, -0.2) is 8.42 Å². The van der Waals surface area contributed by atoms with E-state index in [4.69, 9.17) is 4.74 Å². The Morgan fingerprint density at radius 3 is 2.46 bits per heavy atom. The Kier molecular flexibility index (Phi) is 6.49. The molecule has 1 aromatic heterocycles. The Hall–Kier alpha value is -2.63. The summed E-state index contributed by atoms with van der Waals surface area (Å²) in [5.41, 5.74) is 5.51. The molecule has 1 unspecified atom stereocenters. The molecule has 0 aliphatic carbocycles. The summed E-state index contributed by atoms with van der Waals surface area (Å²) in [6, 6.07) is 17.5. The zero-order chi connectivity index (χ0) is 20.0. The lowest BCUT2D eigenvalue weighted by atomic mass is 10.1. The van der Waals surface area contributed by atoms with Crippen molar-refractivity contribution in [3.05, 3.63) is 106 Å². The van der Waals surface area contributed by atoms with Crippen LogP contribution < -0.4 is 4.72 Å². The van der Waals surface area contributed by atoms with Crippen molar-refractivity contribution in [3.8, 4) is 0 Å². The number of ether oxygens (including phenoxy) is 1. The molecular weight excluding hydrogens is 390 g/mol. The fourth-order valence-electron chi connectivity index (χ4n) is 2.62. The van der Waals surface area contributed by atoms with Gasteiger partial charge in [0.1, 0.15) is 12.6 Å². The monoisotopic (exact) mass is 411 g/mol. The van der Waals surface area contributed by atoms with Crippen LogP contribution in [0.5, 0.6) is 0 Å². The number of hydrogen-bond acceptors (Lipinski definition) is 4. The van der Waals surface area contributed by atoms with E-state index >= 15 is 0 Å². The van der Waals surface area contributed by atoms with Crippen molar-refractivity contribution in [3.63, 3.8) is 0 Å². The lowest BCUT2D eigenvalue weighted by Gasteiger charge is -2.20. The van der Waals surface area contributed by atoms with Crippen molar-refractivity contribution >= 4 is 21.4 Å². The van der Waals surface area contributed by atoms with Crippen LogP contribution in [0.4, 0.5) is 0 Å². The summed E-state index contributed by atoms with van der Waals surface area (Å²) in [6.07, 6.45) is 0. The predicted molar refractivity (Wildman–Crippen MR) is 112 cm³/mol. The molecule has 0 aliphatic heterocycles. The Labute approximate surface area is 169 Å². The molecule has 0 spiro atoms. The highest BCUT2D eigenvalue weighted by Gasteiger charge is 2.26. The van der Waals surface area contributed by atoms with Gasteiger partial charge in [0.05, 0.1) is 4.90 Å². The molecule has 0 aliphatic rings. The van der Waals surface area contributed by atoms with Gasteiger partial charge in [-0.15, -0.1) is 0 Å². The molecular formula is C22H21NO3S2. The van der Waals surface area contributed by atoms with Crippen molar-refractivity contribution in [2.45, 2.75) is 24.5 Å². The highest BCUT2D eigenvalue weighted by atomic mass is 32.2. The first-order valence-electron chi connectivity index (χ1n) is 8.67. The summed E-state index contributed by atoms with van der Waals surface area (Å²) in [5, 5.41) is 3.77. The summed E-state index contributed by atoms with van der Waals surface area (Å²) in [6.45, 7) is 5.91. The number of nitrogens with one attached hydrogen (secondary N) is 1. The predicted octanol–water partition coefficient (Wildman–Crippen LogP) is 4.96. The zero-order valence-corrected chi connectivity index (χ0v) is 17.1. The van der Waals surface area contributed by atoms with Gasteiger partial charge >= 0.3 is 0 Å². The number of sulfonamides is 1. The number of hydrogen-bond donors (Lipinski definition) is 1. The molecule has 28 heavy (non-hydrogen) atoms. The van der Waals surface area contributed by atoms with Gasteiger partial charge < -0.3 is 4.74 Å². The van der Waals surface area contributed by atoms with Crippen LogP contribution in [-0.2, 0) is 21.4 Å². The van der Waals surface area contributed by atoms with Crippen molar-refractivity contribution < 1.29 is 13.2 Å². The van der Waals surface area contributed by atoms with Crippen LogP contribution in [0.1, 0.15) is 22.7 Å². The molecule has 0 radical (unpaired) electrons. The topological polar surface area (TPSA) is 55.4 Å². The largest absolute Gasteiger partial charge is 0.483 e. The third-order valence-corrected chi connectivity index (χ3v) is 6.29. The SMILES string of the molecule is C=C=C(OCc1ccccc1)C(NS(=O)(=O)c1ccc(C)cc1)c1ccsc1. The van der Waals surface area contributed by atoms with Crippen molar-refractivity contribution in [2.75, 3.05) is 0 Å². The maximum absolute atomic E-state index is 12.9. The van der Waals surface area contributed by atoms with Crippen molar-refractivity contribution in [1.29, 1.82) is 0 Å². The summed E-state index contributed by atoms with van der Waals surface area (Å²) >= 11 is 1.48. The van der Waals surface area contributed by atoms with Crippen molar-refractivity contribution in [1.82, 2.24) is 4.72 Å². The van der Waals surface area contributed by atoms with Gasteiger partial charge in [-0.05, 0) is 47.0 Å². The van der Waals surface area contributed by atoms with Gasteiger partial charge in [0.2, 0.25) is 10.0 Å². The molecule has 1 atom stereocenters. The van der Waals surface area contributed by atoms with Crippen LogP contribution >= 0.6 is 11.3 Å². The van der Waals surface area contributed by atoms with Crippen LogP contribution in [0.15, 0.2) is 94.4 Å². The highest BCUT2D eigenvalue weighted by molar-refractivity contribution is 7.89. The molecule has 0 fully saturated rings. The summed E-state index contributed by atoms with van der Waals surface area (Å²) in [7, 11) is -3.75. The lowest BCUT2D eigenvalue weighted by Crippen LogP contribution is -2.30. The third kappa shape index (κ3) is 5.00. The fourth-order valence-corrected chi connectivity index (χ4v) is 4.49. The molecule has 0 saturated heterocycles. The molecule has 0 saturated carbocycles. The first kappa shape index (κ1) is 20.1. The zero-order valence-electron chi connectivity index (χ0n) is 15.5. The van der Waals surface area contributed by atoms with E-state index in [1.807, 2.05) is 54.1 Å². The summed E-state index contributed by atoms with van der Waals surface area (Å²) in [5.74, 6) is 0.331. The molecule has 3 rings (SSSR count). The van der Waals surface area contributed by atoms with Gasteiger partial charge in [-0.2, -0.15) is 16.1 Å². The Bertz CT molecular complexity index is 1050. The maximum Gasteiger partial charge on any atom is 0.241 e. The molecule has 2 aromatic carbocycles. The van der Waals surface area contributed by atoms with Crippen LogP contribution in [0, 0.1) is 6.92 Å². The minimum Gasteiger partial charge on any atom is -0.483 e. The summed E-state index contributed by atoms with van der Waals surface area (Å²) in [4.78, 5) is 0.199. The van der Waals surface area contributed by atoms with E-state index in [1.54, 1.807) is 24.3 Å². The molecule has 0 amide bonds. The Morgan fingerprint density at radius 2 is 1.86 bits per heavy atom. The number of aryl methyl sites for hydroxylation is 1. The van der Waals surface area contributed by atoms with E-state index < -0.39 is 16.1 Å². The Balaban J connectivity index is 1.86. The molecule has 1 heterocycles. The van der Waals surface area contributed by atoms with Gasteiger partial charge in [0.15, 0.2) is 5.76 Å². The van der Waals surface area contributed by atoms with Gasteiger partial charge in [-0.1, -0.05) is 60.3 Å².